The SMILES string of the molecule is CC1CCc2c(sc(NC(=O)CN3CCN(S(=O)(=O)c4ccc(F)cc4)CC3)c2C(N)=O)C1. The van der Waals surface area contributed by atoms with E-state index in [4.69, 9.17) is 5.73 Å². The summed E-state index contributed by atoms with van der Waals surface area (Å²) in [6.45, 7) is 3.47. The number of hydrogen-bond donors (Lipinski definition) is 2. The highest BCUT2D eigenvalue weighted by Gasteiger charge is 2.30. The van der Waals surface area contributed by atoms with Gasteiger partial charge in [0.2, 0.25) is 15.9 Å². The lowest BCUT2D eigenvalue weighted by molar-refractivity contribution is -0.117. The molecule has 1 unspecified atom stereocenters. The molecular weight excluding hydrogens is 467 g/mol. The van der Waals surface area contributed by atoms with Crippen molar-refractivity contribution in [3.05, 3.63) is 46.1 Å². The zero-order valence-corrected chi connectivity index (χ0v) is 20.0. The quantitative estimate of drug-likeness (QED) is 0.638. The van der Waals surface area contributed by atoms with Gasteiger partial charge in [-0.25, -0.2) is 12.8 Å². The van der Waals surface area contributed by atoms with Gasteiger partial charge in [-0.3, -0.25) is 14.5 Å². The molecule has 0 radical (unpaired) electrons. The number of amides is 2. The zero-order chi connectivity index (χ0) is 23.8. The van der Waals surface area contributed by atoms with E-state index in [0.717, 1.165) is 41.8 Å². The Morgan fingerprint density at radius 3 is 2.48 bits per heavy atom. The molecule has 2 aliphatic rings. The first kappa shape index (κ1) is 23.8. The Kier molecular flexibility index (Phi) is 6.85. The Morgan fingerprint density at radius 1 is 1.18 bits per heavy atom. The average molecular weight is 495 g/mol. The van der Waals surface area contributed by atoms with Crippen molar-refractivity contribution in [1.82, 2.24) is 9.21 Å². The van der Waals surface area contributed by atoms with Crippen LogP contribution in [0.3, 0.4) is 0 Å². The van der Waals surface area contributed by atoms with E-state index in [2.05, 4.69) is 12.2 Å². The molecule has 1 aromatic heterocycles. The molecule has 1 saturated heterocycles. The second-order valence-electron chi connectivity index (χ2n) is 8.60. The van der Waals surface area contributed by atoms with E-state index in [1.165, 1.54) is 27.8 Å². The van der Waals surface area contributed by atoms with Gasteiger partial charge in [0.05, 0.1) is 17.0 Å². The smallest absolute Gasteiger partial charge is 0.251 e. The van der Waals surface area contributed by atoms with Crippen molar-refractivity contribution in [3.8, 4) is 0 Å². The number of primary amides is 1. The molecule has 2 heterocycles. The van der Waals surface area contributed by atoms with Gasteiger partial charge in [0.25, 0.3) is 5.91 Å². The zero-order valence-electron chi connectivity index (χ0n) is 18.3. The molecule has 33 heavy (non-hydrogen) atoms. The lowest BCUT2D eigenvalue weighted by Crippen LogP contribution is -2.50. The number of carbonyl (C=O) groups excluding carboxylic acids is 2. The van der Waals surface area contributed by atoms with Crippen LogP contribution in [0.25, 0.3) is 0 Å². The Labute approximate surface area is 196 Å². The number of thiophene rings is 1. The van der Waals surface area contributed by atoms with Crippen molar-refractivity contribution in [1.29, 1.82) is 0 Å². The number of hydrogen-bond acceptors (Lipinski definition) is 6. The molecule has 0 saturated carbocycles. The summed E-state index contributed by atoms with van der Waals surface area (Å²) in [6, 6.07) is 4.75. The summed E-state index contributed by atoms with van der Waals surface area (Å²) in [5.41, 5.74) is 6.99. The van der Waals surface area contributed by atoms with Gasteiger partial charge in [-0.15, -0.1) is 11.3 Å². The summed E-state index contributed by atoms with van der Waals surface area (Å²) < 4.78 is 40.0. The predicted molar refractivity (Wildman–Crippen MR) is 124 cm³/mol. The van der Waals surface area contributed by atoms with E-state index in [-0.39, 0.29) is 30.4 Å². The van der Waals surface area contributed by atoms with Gasteiger partial charge in [0.15, 0.2) is 0 Å². The molecule has 1 fully saturated rings. The van der Waals surface area contributed by atoms with Gasteiger partial charge in [0.1, 0.15) is 10.8 Å². The van der Waals surface area contributed by atoms with Crippen LogP contribution in [0.4, 0.5) is 9.39 Å². The van der Waals surface area contributed by atoms with Gasteiger partial charge in [-0.1, -0.05) is 6.92 Å². The fraction of sp³-hybridized carbons (Fsp3) is 0.455. The summed E-state index contributed by atoms with van der Waals surface area (Å²) in [6.07, 6.45) is 2.65. The van der Waals surface area contributed by atoms with Crippen LogP contribution in [0.15, 0.2) is 29.2 Å². The topological polar surface area (TPSA) is 113 Å². The molecule has 1 atom stereocenters. The summed E-state index contributed by atoms with van der Waals surface area (Å²) >= 11 is 1.42. The first-order chi connectivity index (χ1) is 15.6. The second kappa shape index (κ2) is 9.49. The van der Waals surface area contributed by atoms with E-state index in [1.807, 2.05) is 4.90 Å². The van der Waals surface area contributed by atoms with Crippen LogP contribution in [0.2, 0.25) is 0 Å². The van der Waals surface area contributed by atoms with Crippen molar-refractivity contribution in [2.75, 3.05) is 38.0 Å². The lowest BCUT2D eigenvalue weighted by atomic mass is 9.88. The van der Waals surface area contributed by atoms with Crippen molar-refractivity contribution in [3.63, 3.8) is 0 Å². The number of rotatable bonds is 6. The Morgan fingerprint density at radius 2 is 1.85 bits per heavy atom. The van der Waals surface area contributed by atoms with Crippen LogP contribution in [-0.2, 0) is 27.7 Å². The Hall–Kier alpha value is -2.34. The average Bonchev–Trinajstić information content (AvgIpc) is 3.11. The Bertz CT molecular complexity index is 1160. The van der Waals surface area contributed by atoms with Crippen LogP contribution in [0.5, 0.6) is 0 Å². The molecule has 4 rings (SSSR count). The van der Waals surface area contributed by atoms with Gasteiger partial charge in [0, 0.05) is 31.1 Å². The molecule has 1 aliphatic heterocycles. The molecule has 3 N–H and O–H groups in total. The molecular formula is C22H27FN4O4S2. The van der Waals surface area contributed by atoms with Crippen LogP contribution in [0.1, 0.15) is 34.1 Å². The van der Waals surface area contributed by atoms with Crippen LogP contribution in [0, 0.1) is 11.7 Å². The maximum absolute atomic E-state index is 13.1. The van der Waals surface area contributed by atoms with Crippen molar-refractivity contribution in [2.45, 2.75) is 31.1 Å². The molecule has 11 heteroatoms. The normalized spacial score (nSPS) is 19.8. The minimum absolute atomic E-state index is 0.0463. The number of nitrogens with zero attached hydrogens (tertiary/aromatic N) is 2. The number of fused-ring (bicyclic) bond motifs is 1. The highest BCUT2D eigenvalue weighted by molar-refractivity contribution is 7.89. The fourth-order valence-corrected chi connectivity index (χ4v) is 7.21. The number of halogens is 1. The highest BCUT2D eigenvalue weighted by Crippen LogP contribution is 2.39. The third kappa shape index (κ3) is 5.11. The predicted octanol–water partition coefficient (Wildman–Crippen LogP) is 2.06. The third-order valence-corrected chi connectivity index (χ3v) is 9.24. The molecule has 2 amide bonds. The monoisotopic (exact) mass is 494 g/mol. The minimum atomic E-state index is -3.71. The van der Waals surface area contributed by atoms with E-state index in [9.17, 15) is 22.4 Å². The number of benzene rings is 1. The summed E-state index contributed by atoms with van der Waals surface area (Å²) in [5.74, 6) is -0.760. The number of piperazine rings is 1. The van der Waals surface area contributed by atoms with E-state index < -0.39 is 21.7 Å². The fourth-order valence-electron chi connectivity index (χ4n) is 4.35. The van der Waals surface area contributed by atoms with Gasteiger partial charge < -0.3 is 11.1 Å². The van der Waals surface area contributed by atoms with Gasteiger partial charge in [-0.2, -0.15) is 4.31 Å². The van der Waals surface area contributed by atoms with Crippen LogP contribution in [-0.4, -0.2) is 62.2 Å². The largest absolute Gasteiger partial charge is 0.365 e. The number of anilines is 1. The first-order valence-corrected chi connectivity index (χ1v) is 13.1. The lowest BCUT2D eigenvalue weighted by Gasteiger charge is -2.33. The second-order valence-corrected chi connectivity index (χ2v) is 11.6. The number of sulfonamides is 1. The van der Waals surface area contributed by atoms with Crippen molar-refractivity contribution < 1.29 is 22.4 Å². The number of nitrogens with two attached hydrogens (primary N) is 1. The third-order valence-electron chi connectivity index (χ3n) is 6.16. The van der Waals surface area contributed by atoms with Gasteiger partial charge in [-0.05, 0) is 55.0 Å². The van der Waals surface area contributed by atoms with E-state index in [1.54, 1.807) is 0 Å². The van der Waals surface area contributed by atoms with E-state index >= 15 is 0 Å². The minimum Gasteiger partial charge on any atom is -0.365 e. The van der Waals surface area contributed by atoms with Crippen LogP contribution >= 0.6 is 11.3 Å². The Balaban J connectivity index is 1.36. The van der Waals surface area contributed by atoms with Crippen LogP contribution < -0.4 is 11.1 Å². The molecule has 1 aromatic carbocycles. The molecule has 1 aliphatic carbocycles. The molecule has 0 spiro atoms. The standard InChI is InChI=1S/C22H27FN4O4S2/c1-14-2-7-17-18(12-14)32-22(20(17)21(24)29)25-19(28)13-26-8-10-27(11-9-26)33(30,31)16-5-3-15(23)4-6-16/h3-6,14H,2,7-13H2,1H3,(H2,24,29)(H,25,28). The molecule has 2 aromatic rings. The van der Waals surface area contributed by atoms with Gasteiger partial charge >= 0.3 is 0 Å². The number of carbonyl (C=O) groups is 2. The van der Waals surface area contributed by atoms with E-state index in [0.29, 0.717) is 29.6 Å². The summed E-state index contributed by atoms with van der Waals surface area (Å²) in [5, 5.41) is 3.36. The number of nitrogens with one attached hydrogen (secondary N) is 1. The summed E-state index contributed by atoms with van der Waals surface area (Å²) in [7, 11) is -3.71. The first-order valence-electron chi connectivity index (χ1n) is 10.9. The summed E-state index contributed by atoms with van der Waals surface area (Å²) in [4.78, 5) is 27.8. The highest BCUT2D eigenvalue weighted by atomic mass is 32.2. The molecule has 8 nitrogen and oxygen atoms in total. The maximum Gasteiger partial charge on any atom is 0.251 e. The van der Waals surface area contributed by atoms with Crippen molar-refractivity contribution in [2.24, 2.45) is 11.7 Å². The molecule has 178 valence electrons. The maximum atomic E-state index is 13.1. The van der Waals surface area contributed by atoms with Crippen molar-refractivity contribution >= 4 is 38.2 Å². The molecule has 0 bridgehead atoms.